The Bertz CT molecular complexity index is 158. The van der Waals surface area contributed by atoms with Crippen LogP contribution in [0.4, 0.5) is 0 Å². The minimum atomic E-state index is -3.82. The zero-order valence-electron chi connectivity index (χ0n) is 5.71. The summed E-state index contributed by atoms with van der Waals surface area (Å²) in [6.45, 7) is 0. The Morgan fingerprint density at radius 2 is 1.89 bits per heavy atom. The summed E-state index contributed by atoms with van der Waals surface area (Å²) in [5.41, 5.74) is 0. The molecule has 0 atom stereocenters. The average molecular weight is 292 g/mol. The number of alkyl halides is 2. The van der Waals surface area contributed by atoms with Gasteiger partial charge in [0.1, 0.15) is 0 Å². The van der Waals surface area contributed by atoms with Crippen molar-refractivity contribution < 1.29 is 44.0 Å². The Morgan fingerprint density at radius 3 is 1.89 bits per heavy atom. The molecule has 0 fully saturated rings. The second kappa shape index (κ2) is 5.51. The smallest absolute Gasteiger partial charge is 1.00 e. The van der Waals surface area contributed by atoms with Gasteiger partial charge in [-0.2, -0.15) is 8.42 Å². The van der Waals surface area contributed by atoms with Crippen LogP contribution in [0.15, 0.2) is 0 Å². The van der Waals surface area contributed by atoms with Crippen LogP contribution >= 0.6 is 31.9 Å². The first-order valence-electron chi connectivity index (χ1n) is 1.65. The Kier molecular flexibility index (Phi) is 8.24. The first-order valence-corrected chi connectivity index (χ1v) is 5.09. The predicted octanol–water partition coefficient (Wildman–Crippen LogP) is -1.89. The molecule has 0 aromatic rings. The molecule has 0 spiro atoms. The maximum atomic E-state index is 9.94. The van der Waals surface area contributed by atoms with Crippen molar-refractivity contribution in [2.75, 3.05) is 5.75 Å². The fourth-order valence-corrected chi connectivity index (χ4v) is 2.48. The molecule has 7 heteroatoms. The molecular formula is C2H5Br2NaO3S. The van der Waals surface area contributed by atoms with Crippen LogP contribution in [0.25, 0.3) is 0 Å². The van der Waals surface area contributed by atoms with E-state index in [1.165, 1.54) is 0 Å². The van der Waals surface area contributed by atoms with Gasteiger partial charge in [-0.1, -0.05) is 31.9 Å². The minimum Gasteiger partial charge on any atom is -1.00 e. The van der Waals surface area contributed by atoms with Gasteiger partial charge in [0.15, 0.2) is 0 Å². The van der Waals surface area contributed by atoms with E-state index < -0.39 is 10.1 Å². The summed E-state index contributed by atoms with van der Waals surface area (Å²) >= 11 is 5.78. The van der Waals surface area contributed by atoms with Crippen molar-refractivity contribution in [3.05, 3.63) is 0 Å². The molecule has 0 aliphatic heterocycles. The number of hydrogen-bond donors (Lipinski definition) is 1. The summed E-state index contributed by atoms with van der Waals surface area (Å²) in [7, 11) is -3.82. The Hall–Kier alpha value is 1.87. The van der Waals surface area contributed by atoms with E-state index in [1.807, 2.05) is 0 Å². The first-order chi connectivity index (χ1) is 3.42. The van der Waals surface area contributed by atoms with Crippen LogP contribution in [0.5, 0.6) is 0 Å². The number of hydrogen-bond acceptors (Lipinski definition) is 2. The first kappa shape index (κ1) is 13.5. The SMILES string of the molecule is O=S(=O)(O)CC(Br)Br.[H-].[Na+]. The van der Waals surface area contributed by atoms with Gasteiger partial charge in [-0.3, -0.25) is 4.55 Å². The van der Waals surface area contributed by atoms with E-state index in [0.717, 1.165) is 0 Å². The fraction of sp³-hybridized carbons (Fsp3) is 1.00. The van der Waals surface area contributed by atoms with Crippen molar-refractivity contribution in [3.63, 3.8) is 0 Å². The molecule has 0 radical (unpaired) electrons. The summed E-state index contributed by atoms with van der Waals surface area (Å²) in [4.78, 5) is 0. The Balaban J connectivity index is -0.000000245. The third-order valence-corrected chi connectivity index (χ3v) is 2.60. The quantitative estimate of drug-likeness (QED) is 0.368. The number of rotatable bonds is 2. The molecule has 0 unspecified atom stereocenters. The second-order valence-electron chi connectivity index (χ2n) is 1.14. The molecule has 0 aliphatic carbocycles. The van der Waals surface area contributed by atoms with Crippen LogP contribution in [0.1, 0.15) is 1.43 Å². The summed E-state index contributed by atoms with van der Waals surface area (Å²) < 4.78 is 27.6. The molecule has 9 heavy (non-hydrogen) atoms. The van der Waals surface area contributed by atoms with Gasteiger partial charge >= 0.3 is 29.6 Å². The van der Waals surface area contributed by atoms with Gasteiger partial charge in [0, 0.05) is 0 Å². The van der Waals surface area contributed by atoms with Crippen molar-refractivity contribution in [1.29, 1.82) is 0 Å². The van der Waals surface area contributed by atoms with E-state index in [4.69, 9.17) is 4.55 Å². The fourth-order valence-electron chi connectivity index (χ4n) is 0.159. The van der Waals surface area contributed by atoms with Crippen molar-refractivity contribution in [3.8, 4) is 0 Å². The van der Waals surface area contributed by atoms with Crippen LogP contribution in [0.2, 0.25) is 0 Å². The standard InChI is InChI=1S/C2H4Br2O3S.Na.H/c3-2(4)1-8(5,6)7;;/h2H,1H2,(H,5,6,7);;/q;+1;-1. The van der Waals surface area contributed by atoms with E-state index >= 15 is 0 Å². The molecule has 0 saturated heterocycles. The molecule has 52 valence electrons. The molecule has 1 N–H and O–H groups in total. The average Bonchev–Trinajstić information content (AvgIpc) is 1.21. The summed E-state index contributed by atoms with van der Waals surface area (Å²) in [5.74, 6) is -0.312. The van der Waals surface area contributed by atoms with Crippen molar-refractivity contribution >= 4 is 42.0 Å². The zero-order valence-corrected chi connectivity index (χ0v) is 10.7. The van der Waals surface area contributed by atoms with Crippen LogP contribution < -0.4 is 29.6 Å². The molecule has 0 rings (SSSR count). The third-order valence-electron chi connectivity index (χ3n) is 0.337. The molecule has 3 nitrogen and oxygen atoms in total. The van der Waals surface area contributed by atoms with Gasteiger partial charge in [0.2, 0.25) is 0 Å². The summed E-state index contributed by atoms with van der Waals surface area (Å²) in [5, 5.41) is 0. The molecule has 0 aliphatic rings. The molecular weight excluding hydrogens is 287 g/mol. The Labute approximate surface area is 94.4 Å². The molecule has 0 aromatic carbocycles. The van der Waals surface area contributed by atoms with Gasteiger partial charge < -0.3 is 1.43 Å². The minimum absolute atomic E-state index is 0. The summed E-state index contributed by atoms with van der Waals surface area (Å²) in [6, 6.07) is 0. The van der Waals surface area contributed by atoms with E-state index in [1.54, 1.807) is 0 Å². The maximum Gasteiger partial charge on any atom is 1.00 e. The second-order valence-corrected chi connectivity index (χ2v) is 6.08. The monoisotopic (exact) mass is 290 g/mol. The van der Waals surface area contributed by atoms with E-state index in [-0.39, 0.29) is 40.5 Å². The number of halogens is 2. The molecule has 0 amide bonds. The van der Waals surface area contributed by atoms with Gasteiger partial charge in [-0.05, 0) is 0 Å². The van der Waals surface area contributed by atoms with E-state index in [0.29, 0.717) is 0 Å². The van der Waals surface area contributed by atoms with Gasteiger partial charge in [0.25, 0.3) is 10.1 Å². The van der Waals surface area contributed by atoms with Crippen LogP contribution in [-0.2, 0) is 10.1 Å². The largest absolute Gasteiger partial charge is 1.00 e. The van der Waals surface area contributed by atoms with Crippen molar-refractivity contribution in [2.24, 2.45) is 0 Å². The maximum absolute atomic E-state index is 9.94. The van der Waals surface area contributed by atoms with E-state index in [9.17, 15) is 8.42 Å². The van der Waals surface area contributed by atoms with Crippen LogP contribution in [0.3, 0.4) is 0 Å². The molecule has 0 heterocycles. The van der Waals surface area contributed by atoms with Crippen molar-refractivity contribution in [1.82, 2.24) is 0 Å². The zero-order chi connectivity index (χ0) is 6.78. The third kappa shape index (κ3) is 13.0. The van der Waals surface area contributed by atoms with Crippen LogP contribution in [-0.4, -0.2) is 22.5 Å². The van der Waals surface area contributed by atoms with Crippen molar-refractivity contribution in [2.45, 2.75) is 3.74 Å². The summed E-state index contributed by atoms with van der Waals surface area (Å²) in [6.07, 6.45) is 0. The van der Waals surface area contributed by atoms with Gasteiger partial charge in [-0.25, -0.2) is 0 Å². The van der Waals surface area contributed by atoms with Crippen LogP contribution in [0, 0.1) is 0 Å². The molecule has 0 aromatic heterocycles. The topological polar surface area (TPSA) is 54.4 Å². The normalized spacial score (nSPS) is 11.1. The Morgan fingerprint density at radius 1 is 1.56 bits per heavy atom. The predicted molar refractivity (Wildman–Crippen MR) is 39.2 cm³/mol. The van der Waals surface area contributed by atoms with Gasteiger partial charge in [-0.15, -0.1) is 0 Å². The van der Waals surface area contributed by atoms with Gasteiger partial charge in [0.05, 0.1) is 9.49 Å². The molecule has 0 bridgehead atoms. The molecule has 0 saturated carbocycles. The van der Waals surface area contributed by atoms with E-state index in [2.05, 4.69) is 31.9 Å².